The lowest BCUT2D eigenvalue weighted by atomic mass is 9.88. The van der Waals surface area contributed by atoms with Crippen LogP contribution in [0, 0.1) is 6.04 Å². The molecule has 54 heavy (non-hydrogen) atoms. The summed E-state index contributed by atoms with van der Waals surface area (Å²) in [5.41, 5.74) is 15.9. The van der Waals surface area contributed by atoms with Crippen LogP contribution >= 0.6 is 0 Å². The van der Waals surface area contributed by atoms with E-state index in [0.717, 1.165) is 17.1 Å². The fraction of sp³-hybridized carbons (Fsp3) is 0.173. The Balaban J connectivity index is 1.24. The van der Waals surface area contributed by atoms with Crippen molar-refractivity contribution in [3.63, 3.8) is 0 Å². The van der Waals surface area contributed by atoms with E-state index in [1.807, 2.05) is 0 Å². The molecule has 0 spiro atoms. The Kier molecular flexibility index (Phi) is 9.46. The van der Waals surface area contributed by atoms with Crippen LogP contribution in [0.5, 0.6) is 0 Å². The Morgan fingerprint density at radius 1 is 0.407 bits per heavy atom. The second kappa shape index (κ2) is 14.5. The van der Waals surface area contributed by atoms with E-state index < -0.39 is 0 Å². The third-order valence-electron chi connectivity index (χ3n) is 11.1. The van der Waals surface area contributed by atoms with Crippen molar-refractivity contribution in [1.82, 2.24) is 0 Å². The molecule has 267 valence electrons. The van der Waals surface area contributed by atoms with Gasteiger partial charge in [-0.25, -0.2) is 0 Å². The smallest absolute Gasteiger partial charge is 0.124 e. The van der Waals surface area contributed by atoms with E-state index in [0.29, 0.717) is 11.8 Å². The molecule has 0 saturated carbocycles. The standard InChI is InChI=1S/C52H49N2/c1-36(2)46-21-15-22-47(37(3)4)51(46)54-50(48-20-13-14-23-49(48)52(54,5)6)42-28-34-45(35-29-42)53(43-30-24-40(25-31-43)38-16-9-7-10-17-38)44-32-26-41(27-33-44)39-18-11-8-12-19-39/h7-37H,1-6H3. The molecule has 7 aromatic carbocycles. The summed E-state index contributed by atoms with van der Waals surface area (Å²) in [5, 5.41) is 0. The molecule has 0 fully saturated rings. The number of rotatable bonds is 9. The SMILES string of the molecule is CC(C)c1cccc(C(C)C)c1N1[C](c2ccc(N(c3ccc(-c4ccccc4)cc3)c3ccc(-c4ccccc4)cc3)cc2)c2ccccc2C1(C)C. The molecule has 0 amide bonds. The molecular formula is C52H49N2. The van der Waals surface area contributed by atoms with Crippen molar-refractivity contribution < 1.29 is 0 Å². The average molecular weight is 702 g/mol. The van der Waals surface area contributed by atoms with Crippen LogP contribution < -0.4 is 9.80 Å². The van der Waals surface area contributed by atoms with Gasteiger partial charge in [0, 0.05) is 22.7 Å². The first kappa shape index (κ1) is 35.2. The monoisotopic (exact) mass is 701 g/mol. The molecule has 1 aliphatic rings. The second-order valence-corrected chi connectivity index (χ2v) is 15.6. The minimum Gasteiger partial charge on any atom is -0.345 e. The normalized spacial score (nSPS) is 13.7. The van der Waals surface area contributed by atoms with Gasteiger partial charge in [0.15, 0.2) is 0 Å². The topological polar surface area (TPSA) is 6.48 Å². The molecule has 0 atom stereocenters. The first-order chi connectivity index (χ1) is 26.2. The minimum atomic E-state index is -0.244. The highest BCUT2D eigenvalue weighted by molar-refractivity contribution is 5.81. The highest BCUT2D eigenvalue weighted by Crippen LogP contribution is 2.54. The predicted molar refractivity (Wildman–Crippen MR) is 230 cm³/mol. The van der Waals surface area contributed by atoms with Crippen molar-refractivity contribution in [1.29, 1.82) is 0 Å². The van der Waals surface area contributed by atoms with Crippen molar-refractivity contribution in [3.8, 4) is 22.3 Å². The van der Waals surface area contributed by atoms with E-state index in [1.165, 1.54) is 61.8 Å². The second-order valence-electron chi connectivity index (χ2n) is 15.6. The number of benzene rings is 7. The number of anilines is 4. The fourth-order valence-electron chi connectivity index (χ4n) is 8.27. The quantitative estimate of drug-likeness (QED) is 0.148. The third-order valence-corrected chi connectivity index (χ3v) is 11.1. The summed E-state index contributed by atoms with van der Waals surface area (Å²) < 4.78 is 0. The molecule has 0 unspecified atom stereocenters. The Morgan fingerprint density at radius 2 is 0.796 bits per heavy atom. The number of hydrogen-bond donors (Lipinski definition) is 0. The number of hydrogen-bond acceptors (Lipinski definition) is 2. The molecular weight excluding hydrogens is 653 g/mol. The van der Waals surface area contributed by atoms with Crippen molar-refractivity contribution in [2.45, 2.75) is 58.9 Å². The molecule has 1 aliphatic heterocycles. The maximum absolute atomic E-state index is 2.65. The minimum absolute atomic E-state index is 0.244. The van der Waals surface area contributed by atoms with Crippen LogP contribution in [0.4, 0.5) is 22.7 Å². The van der Waals surface area contributed by atoms with Gasteiger partial charge in [0.05, 0.1) is 5.54 Å². The zero-order valence-corrected chi connectivity index (χ0v) is 32.3. The van der Waals surface area contributed by atoms with E-state index in [1.54, 1.807) is 0 Å². The molecule has 1 heterocycles. The molecule has 2 nitrogen and oxygen atoms in total. The van der Waals surface area contributed by atoms with Crippen molar-refractivity contribution in [2.75, 3.05) is 9.80 Å². The van der Waals surface area contributed by atoms with Crippen LogP contribution in [-0.4, -0.2) is 0 Å². The maximum atomic E-state index is 2.65. The van der Waals surface area contributed by atoms with Crippen molar-refractivity contribution in [2.24, 2.45) is 0 Å². The van der Waals surface area contributed by atoms with Gasteiger partial charge in [-0.15, -0.1) is 0 Å². The van der Waals surface area contributed by atoms with Crippen LogP contribution in [0.2, 0.25) is 0 Å². The molecule has 0 saturated heterocycles. The highest BCUT2D eigenvalue weighted by atomic mass is 15.3. The Morgan fingerprint density at radius 3 is 1.24 bits per heavy atom. The summed E-state index contributed by atoms with van der Waals surface area (Å²) in [4.78, 5) is 5.02. The van der Waals surface area contributed by atoms with E-state index >= 15 is 0 Å². The first-order valence-corrected chi connectivity index (χ1v) is 19.3. The Labute approximate surface area is 322 Å². The van der Waals surface area contributed by atoms with E-state index in [2.05, 4.69) is 227 Å². The summed E-state index contributed by atoms with van der Waals surface area (Å²) in [7, 11) is 0. The molecule has 8 rings (SSSR count). The summed E-state index contributed by atoms with van der Waals surface area (Å²) >= 11 is 0. The van der Waals surface area contributed by atoms with Crippen LogP contribution in [0.15, 0.2) is 176 Å². The lowest BCUT2D eigenvalue weighted by molar-refractivity contribution is 0.529. The van der Waals surface area contributed by atoms with Gasteiger partial charge in [-0.2, -0.15) is 0 Å². The van der Waals surface area contributed by atoms with Crippen molar-refractivity contribution in [3.05, 3.63) is 210 Å². The van der Waals surface area contributed by atoms with Crippen LogP contribution in [0.3, 0.4) is 0 Å². The fourth-order valence-corrected chi connectivity index (χ4v) is 8.27. The van der Waals surface area contributed by atoms with Crippen LogP contribution in [-0.2, 0) is 5.54 Å². The number of para-hydroxylation sites is 1. The van der Waals surface area contributed by atoms with Gasteiger partial charge in [0.2, 0.25) is 0 Å². The van der Waals surface area contributed by atoms with Gasteiger partial charge in [-0.05, 0) is 112 Å². The lowest BCUT2D eigenvalue weighted by Gasteiger charge is -2.42. The summed E-state index contributed by atoms with van der Waals surface area (Å²) in [5.74, 6) is 0.772. The molecule has 1 radical (unpaired) electrons. The number of nitrogens with zero attached hydrogens (tertiary/aromatic N) is 2. The van der Waals surface area contributed by atoms with Gasteiger partial charge < -0.3 is 9.80 Å². The average Bonchev–Trinajstić information content (AvgIpc) is 3.45. The van der Waals surface area contributed by atoms with E-state index in [9.17, 15) is 0 Å². The van der Waals surface area contributed by atoms with Gasteiger partial charge in [0.1, 0.15) is 6.04 Å². The van der Waals surface area contributed by atoms with Crippen molar-refractivity contribution >= 4 is 22.7 Å². The van der Waals surface area contributed by atoms with Gasteiger partial charge in [-0.1, -0.05) is 167 Å². The van der Waals surface area contributed by atoms with E-state index in [-0.39, 0.29) is 5.54 Å². The zero-order valence-electron chi connectivity index (χ0n) is 32.3. The highest BCUT2D eigenvalue weighted by Gasteiger charge is 2.47. The van der Waals surface area contributed by atoms with Gasteiger partial charge in [-0.3, -0.25) is 0 Å². The van der Waals surface area contributed by atoms with Gasteiger partial charge in [0.25, 0.3) is 0 Å². The van der Waals surface area contributed by atoms with Crippen LogP contribution in [0.25, 0.3) is 22.3 Å². The Hall–Kier alpha value is -5.86. The van der Waals surface area contributed by atoms with E-state index in [4.69, 9.17) is 0 Å². The van der Waals surface area contributed by atoms with Crippen LogP contribution in [0.1, 0.15) is 81.2 Å². The molecule has 0 aromatic heterocycles. The molecule has 0 aliphatic carbocycles. The Bertz CT molecular complexity index is 2230. The molecule has 2 heteroatoms. The zero-order chi connectivity index (χ0) is 37.4. The number of fused-ring (bicyclic) bond motifs is 1. The molecule has 7 aromatic rings. The first-order valence-electron chi connectivity index (χ1n) is 19.3. The molecule has 0 N–H and O–H groups in total. The third kappa shape index (κ3) is 6.41. The predicted octanol–water partition coefficient (Wildman–Crippen LogP) is 14.4. The molecule has 0 bridgehead atoms. The largest absolute Gasteiger partial charge is 0.345 e. The van der Waals surface area contributed by atoms with Gasteiger partial charge >= 0.3 is 0 Å². The summed E-state index contributed by atoms with van der Waals surface area (Å²) in [6.45, 7) is 14.0. The lowest BCUT2D eigenvalue weighted by Crippen LogP contribution is -2.40. The summed E-state index contributed by atoms with van der Waals surface area (Å²) in [6, 6.07) is 65.5. The maximum Gasteiger partial charge on any atom is 0.124 e. The summed E-state index contributed by atoms with van der Waals surface area (Å²) in [6.07, 6.45) is 0.